The fourth-order valence-corrected chi connectivity index (χ4v) is 1.41. The lowest BCUT2D eigenvalue weighted by molar-refractivity contribution is -0.137. The van der Waals surface area contributed by atoms with E-state index in [9.17, 15) is 9.90 Å². The summed E-state index contributed by atoms with van der Waals surface area (Å²) in [5.41, 5.74) is 5.87. The summed E-state index contributed by atoms with van der Waals surface area (Å²) in [7, 11) is 0. The van der Waals surface area contributed by atoms with Gasteiger partial charge in [-0.05, 0) is 18.2 Å². The standard InChI is InChI=1S/C10H13NO4/c11-5-6(3-10(14)15)8-2-1-7(12)4-9(8)13/h1-2,4,6,12-13H,3,5,11H2,(H,14,15). The van der Waals surface area contributed by atoms with Gasteiger partial charge in [0.25, 0.3) is 0 Å². The van der Waals surface area contributed by atoms with Gasteiger partial charge in [-0.3, -0.25) is 4.79 Å². The molecule has 1 aromatic rings. The lowest BCUT2D eigenvalue weighted by atomic mass is 9.95. The lowest BCUT2D eigenvalue weighted by Crippen LogP contribution is -2.16. The van der Waals surface area contributed by atoms with E-state index in [-0.39, 0.29) is 24.5 Å². The zero-order chi connectivity index (χ0) is 11.4. The van der Waals surface area contributed by atoms with Crippen molar-refractivity contribution in [2.45, 2.75) is 12.3 Å². The highest BCUT2D eigenvalue weighted by atomic mass is 16.4. The predicted octanol–water partition coefficient (Wildman–Crippen LogP) is 0.615. The number of hydrogen-bond donors (Lipinski definition) is 4. The number of carboxylic acids is 1. The van der Waals surface area contributed by atoms with Gasteiger partial charge in [-0.2, -0.15) is 0 Å². The summed E-state index contributed by atoms with van der Waals surface area (Å²) in [6.07, 6.45) is -0.144. The average molecular weight is 211 g/mol. The minimum Gasteiger partial charge on any atom is -0.508 e. The van der Waals surface area contributed by atoms with Crippen LogP contribution in [-0.4, -0.2) is 27.8 Å². The molecule has 0 saturated heterocycles. The molecule has 1 rings (SSSR count). The first-order valence-corrected chi connectivity index (χ1v) is 4.48. The molecular weight excluding hydrogens is 198 g/mol. The lowest BCUT2D eigenvalue weighted by Gasteiger charge is -2.14. The molecule has 0 saturated carbocycles. The van der Waals surface area contributed by atoms with Crippen molar-refractivity contribution in [3.05, 3.63) is 23.8 Å². The average Bonchev–Trinajstić information content (AvgIpc) is 2.14. The van der Waals surface area contributed by atoms with Crippen molar-refractivity contribution < 1.29 is 20.1 Å². The van der Waals surface area contributed by atoms with Crippen LogP contribution in [0, 0.1) is 0 Å². The first kappa shape index (κ1) is 11.3. The van der Waals surface area contributed by atoms with E-state index < -0.39 is 11.9 Å². The van der Waals surface area contributed by atoms with Gasteiger partial charge in [-0.1, -0.05) is 6.07 Å². The number of phenolic OH excluding ortho intramolecular Hbond substituents is 2. The Morgan fingerprint density at radius 2 is 2.07 bits per heavy atom. The molecule has 0 radical (unpaired) electrons. The highest BCUT2D eigenvalue weighted by Gasteiger charge is 2.17. The number of hydrogen-bond acceptors (Lipinski definition) is 4. The normalized spacial score (nSPS) is 12.3. The van der Waals surface area contributed by atoms with Crippen molar-refractivity contribution in [1.29, 1.82) is 0 Å². The largest absolute Gasteiger partial charge is 0.508 e. The van der Waals surface area contributed by atoms with Gasteiger partial charge in [0.1, 0.15) is 11.5 Å². The molecule has 0 bridgehead atoms. The molecule has 5 nitrogen and oxygen atoms in total. The van der Waals surface area contributed by atoms with E-state index in [1.54, 1.807) is 0 Å². The molecular formula is C10H13NO4. The number of carboxylic acid groups (broad SMARTS) is 1. The fourth-order valence-electron chi connectivity index (χ4n) is 1.41. The number of aliphatic carboxylic acids is 1. The van der Waals surface area contributed by atoms with Gasteiger partial charge in [0.2, 0.25) is 0 Å². The van der Waals surface area contributed by atoms with Gasteiger partial charge < -0.3 is 21.1 Å². The molecule has 0 fully saturated rings. The summed E-state index contributed by atoms with van der Waals surface area (Å²) in [5.74, 6) is -1.62. The van der Waals surface area contributed by atoms with Gasteiger partial charge in [-0.15, -0.1) is 0 Å². The van der Waals surface area contributed by atoms with Gasteiger partial charge in [0, 0.05) is 12.0 Å². The molecule has 0 amide bonds. The van der Waals surface area contributed by atoms with Crippen LogP contribution in [0.1, 0.15) is 17.9 Å². The van der Waals surface area contributed by atoms with Crippen LogP contribution in [-0.2, 0) is 4.79 Å². The molecule has 5 heteroatoms. The molecule has 15 heavy (non-hydrogen) atoms. The first-order valence-electron chi connectivity index (χ1n) is 4.48. The molecule has 0 heterocycles. The first-order chi connectivity index (χ1) is 7.04. The van der Waals surface area contributed by atoms with Crippen LogP contribution in [0.25, 0.3) is 0 Å². The minimum absolute atomic E-state index is 0.0673. The van der Waals surface area contributed by atoms with Crippen molar-refractivity contribution in [1.82, 2.24) is 0 Å². The van der Waals surface area contributed by atoms with E-state index in [1.807, 2.05) is 0 Å². The summed E-state index contributed by atoms with van der Waals surface area (Å²) in [6.45, 7) is 0.130. The number of nitrogens with two attached hydrogens (primary N) is 1. The van der Waals surface area contributed by atoms with Crippen LogP contribution in [0.4, 0.5) is 0 Å². The SMILES string of the molecule is NCC(CC(=O)O)c1ccc(O)cc1O. The maximum absolute atomic E-state index is 10.5. The fraction of sp³-hybridized carbons (Fsp3) is 0.300. The Labute approximate surface area is 86.8 Å². The van der Waals surface area contributed by atoms with E-state index in [2.05, 4.69) is 0 Å². The number of carbonyl (C=O) groups is 1. The Bertz CT molecular complexity index is 364. The molecule has 0 spiro atoms. The van der Waals surface area contributed by atoms with E-state index in [0.717, 1.165) is 0 Å². The summed E-state index contributed by atoms with van der Waals surface area (Å²) >= 11 is 0. The Morgan fingerprint density at radius 3 is 2.53 bits per heavy atom. The van der Waals surface area contributed by atoms with E-state index in [0.29, 0.717) is 5.56 Å². The molecule has 0 aliphatic carbocycles. The summed E-state index contributed by atoms with van der Waals surface area (Å²) in [5, 5.41) is 27.2. The summed E-state index contributed by atoms with van der Waals surface area (Å²) in [6, 6.07) is 4.03. The molecule has 0 aromatic heterocycles. The Morgan fingerprint density at radius 1 is 1.40 bits per heavy atom. The second-order valence-electron chi connectivity index (χ2n) is 3.27. The van der Waals surface area contributed by atoms with Crippen molar-refractivity contribution in [2.75, 3.05) is 6.54 Å². The Balaban J connectivity index is 2.96. The molecule has 82 valence electrons. The second kappa shape index (κ2) is 4.65. The summed E-state index contributed by atoms with van der Waals surface area (Å²) < 4.78 is 0. The zero-order valence-electron chi connectivity index (χ0n) is 8.05. The Kier molecular flexibility index (Phi) is 3.51. The van der Waals surface area contributed by atoms with Gasteiger partial charge in [0.15, 0.2) is 0 Å². The zero-order valence-corrected chi connectivity index (χ0v) is 8.05. The number of phenols is 2. The monoisotopic (exact) mass is 211 g/mol. The van der Waals surface area contributed by atoms with E-state index >= 15 is 0 Å². The van der Waals surface area contributed by atoms with E-state index in [1.165, 1.54) is 18.2 Å². The van der Waals surface area contributed by atoms with Crippen LogP contribution >= 0.6 is 0 Å². The summed E-state index contributed by atoms with van der Waals surface area (Å²) in [4.78, 5) is 10.5. The van der Waals surface area contributed by atoms with Gasteiger partial charge in [0.05, 0.1) is 6.42 Å². The van der Waals surface area contributed by atoms with Crippen molar-refractivity contribution in [3.8, 4) is 11.5 Å². The quantitative estimate of drug-likeness (QED) is 0.584. The molecule has 1 aromatic carbocycles. The Hall–Kier alpha value is -1.75. The third-order valence-corrected chi connectivity index (χ3v) is 2.16. The van der Waals surface area contributed by atoms with Crippen LogP contribution in [0.3, 0.4) is 0 Å². The molecule has 1 unspecified atom stereocenters. The second-order valence-corrected chi connectivity index (χ2v) is 3.27. The topological polar surface area (TPSA) is 104 Å². The third-order valence-electron chi connectivity index (χ3n) is 2.16. The van der Waals surface area contributed by atoms with Crippen molar-refractivity contribution in [3.63, 3.8) is 0 Å². The van der Waals surface area contributed by atoms with E-state index in [4.69, 9.17) is 15.9 Å². The third kappa shape index (κ3) is 2.85. The maximum Gasteiger partial charge on any atom is 0.304 e. The van der Waals surface area contributed by atoms with Crippen molar-refractivity contribution in [2.24, 2.45) is 5.73 Å². The van der Waals surface area contributed by atoms with Crippen LogP contribution in [0.2, 0.25) is 0 Å². The number of rotatable bonds is 4. The van der Waals surface area contributed by atoms with Crippen LogP contribution in [0.5, 0.6) is 11.5 Å². The maximum atomic E-state index is 10.5. The van der Waals surface area contributed by atoms with Crippen molar-refractivity contribution >= 4 is 5.97 Å². The predicted molar refractivity (Wildman–Crippen MR) is 53.8 cm³/mol. The van der Waals surface area contributed by atoms with Crippen LogP contribution in [0.15, 0.2) is 18.2 Å². The molecule has 5 N–H and O–H groups in total. The molecule has 0 aliphatic rings. The number of aromatic hydroxyl groups is 2. The molecule has 1 atom stereocenters. The minimum atomic E-state index is -0.974. The van der Waals surface area contributed by atoms with Gasteiger partial charge in [-0.25, -0.2) is 0 Å². The smallest absolute Gasteiger partial charge is 0.304 e. The highest BCUT2D eigenvalue weighted by Crippen LogP contribution is 2.30. The van der Waals surface area contributed by atoms with Crippen LogP contribution < -0.4 is 5.73 Å². The number of benzene rings is 1. The highest BCUT2D eigenvalue weighted by molar-refractivity contribution is 5.68. The van der Waals surface area contributed by atoms with Gasteiger partial charge >= 0.3 is 5.97 Å². The molecule has 0 aliphatic heterocycles.